The summed E-state index contributed by atoms with van der Waals surface area (Å²) in [7, 11) is 0. The maximum Gasteiger partial charge on any atom is 0.269 e. The lowest BCUT2D eigenvalue weighted by atomic mass is 9.76. The molecule has 0 saturated carbocycles. The molecule has 4 nitrogen and oxygen atoms in total. The fourth-order valence-electron chi connectivity index (χ4n) is 3.97. The molecule has 2 aliphatic rings. The summed E-state index contributed by atoms with van der Waals surface area (Å²) in [5.74, 6) is 0.732. The molecule has 0 spiro atoms. The van der Waals surface area contributed by atoms with Crippen molar-refractivity contribution in [1.82, 2.24) is 0 Å². The van der Waals surface area contributed by atoms with Crippen molar-refractivity contribution < 1.29 is 4.92 Å². The molecule has 1 heterocycles. The summed E-state index contributed by atoms with van der Waals surface area (Å²) in [5, 5.41) is 15.3. The Hall–Kier alpha value is -2.33. The third kappa shape index (κ3) is 2.38. The maximum atomic E-state index is 10.9. The number of hydrogen-bond acceptors (Lipinski definition) is 3. The second kappa shape index (κ2) is 5.64. The van der Waals surface area contributed by atoms with Gasteiger partial charge in [-0.1, -0.05) is 35.9 Å². The predicted molar refractivity (Wildman–Crippen MR) is 95.6 cm³/mol. The second-order valence-electron chi connectivity index (χ2n) is 6.51. The Balaban J connectivity index is 1.76. The Morgan fingerprint density at radius 3 is 2.71 bits per heavy atom. The molecule has 2 aromatic rings. The number of nitro benzene ring substituents is 1. The van der Waals surface area contributed by atoms with Crippen molar-refractivity contribution in [3.8, 4) is 0 Å². The molecule has 0 aromatic heterocycles. The van der Waals surface area contributed by atoms with E-state index in [1.165, 1.54) is 5.56 Å². The van der Waals surface area contributed by atoms with Crippen molar-refractivity contribution in [2.24, 2.45) is 5.92 Å². The van der Waals surface area contributed by atoms with E-state index in [0.29, 0.717) is 11.8 Å². The van der Waals surface area contributed by atoms with Gasteiger partial charge in [-0.15, -0.1) is 0 Å². The van der Waals surface area contributed by atoms with E-state index < -0.39 is 0 Å². The van der Waals surface area contributed by atoms with Crippen LogP contribution in [-0.4, -0.2) is 4.92 Å². The number of nitrogens with one attached hydrogen (secondary N) is 1. The lowest BCUT2D eigenvalue weighted by molar-refractivity contribution is -0.384. The molecule has 5 heteroatoms. The van der Waals surface area contributed by atoms with Crippen LogP contribution >= 0.6 is 11.6 Å². The zero-order valence-electron chi connectivity index (χ0n) is 13.2. The molecule has 2 aromatic carbocycles. The van der Waals surface area contributed by atoms with E-state index in [0.717, 1.165) is 28.3 Å². The number of benzene rings is 2. The molecule has 0 unspecified atom stereocenters. The molecule has 1 aliphatic heterocycles. The van der Waals surface area contributed by atoms with Gasteiger partial charge in [0.25, 0.3) is 5.69 Å². The van der Waals surface area contributed by atoms with Gasteiger partial charge in [0, 0.05) is 28.8 Å². The van der Waals surface area contributed by atoms with Gasteiger partial charge >= 0.3 is 0 Å². The molecule has 0 bridgehead atoms. The maximum absolute atomic E-state index is 10.9. The van der Waals surface area contributed by atoms with Gasteiger partial charge in [-0.05, 0) is 48.1 Å². The van der Waals surface area contributed by atoms with Crippen molar-refractivity contribution in [1.29, 1.82) is 0 Å². The number of allylic oxidation sites excluding steroid dienone is 2. The average Bonchev–Trinajstić information content (AvgIpc) is 3.04. The van der Waals surface area contributed by atoms with Gasteiger partial charge in [-0.2, -0.15) is 0 Å². The molecule has 0 fully saturated rings. The Labute approximate surface area is 145 Å². The van der Waals surface area contributed by atoms with Crippen LogP contribution in [0, 0.1) is 23.0 Å². The number of anilines is 1. The monoisotopic (exact) mass is 340 g/mol. The molecule has 3 atom stereocenters. The molecular weight excluding hydrogens is 324 g/mol. The summed E-state index contributed by atoms with van der Waals surface area (Å²) in [6.45, 7) is 2.06. The molecule has 1 N–H and O–H groups in total. The van der Waals surface area contributed by atoms with Crippen molar-refractivity contribution in [3.63, 3.8) is 0 Å². The normalized spacial score (nSPS) is 24.2. The van der Waals surface area contributed by atoms with Gasteiger partial charge in [0.1, 0.15) is 0 Å². The van der Waals surface area contributed by atoms with Crippen molar-refractivity contribution in [3.05, 3.63) is 80.4 Å². The van der Waals surface area contributed by atoms with Crippen molar-refractivity contribution in [2.45, 2.75) is 25.3 Å². The Morgan fingerprint density at radius 2 is 2.00 bits per heavy atom. The first kappa shape index (κ1) is 15.2. The van der Waals surface area contributed by atoms with Crippen LogP contribution in [-0.2, 0) is 0 Å². The number of aryl methyl sites for hydroxylation is 1. The molecule has 0 saturated heterocycles. The highest BCUT2D eigenvalue weighted by Crippen LogP contribution is 2.51. The number of nitro groups is 1. The average molecular weight is 341 g/mol. The third-order valence-electron chi connectivity index (χ3n) is 5.09. The molecule has 4 rings (SSSR count). The van der Waals surface area contributed by atoms with E-state index >= 15 is 0 Å². The van der Waals surface area contributed by atoms with E-state index in [9.17, 15) is 10.1 Å². The molecule has 1 aliphatic carbocycles. The summed E-state index contributed by atoms with van der Waals surface area (Å²) >= 11 is 6.26. The van der Waals surface area contributed by atoms with E-state index in [1.807, 2.05) is 18.2 Å². The van der Waals surface area contributed by atoms with Crippen LogP contribution in [0.15, 0.2) is 48.6 Å². The largest absolute Gasteiger partial charge is 0.377 e. The summed E-state index contributed by atoms with van der Waals surface area (Å²) < 4.78 is 0. The first-order chi connectivity index (χ1) is 11.5. The fraction of sp³-hybridized carbons (Fsp3) is 0.263. The fourth-order valence-corrected chi connectivity index (χ4v) is 4.26. The van der Waals surface area contributed by atoms with Crippen LogP contribution in [0.5, 0.6) is 0 Å². The minimum atomic E-state index is -0.362. The van der Waals surface area contributed by atoms with Gasteiger partial charge in [-0.25, -0.2) is 0 Å². The summed E-state index contributed by atoms with van der Waals surface area (Å²) in [6.07, 6.45) is 5.48. The zero-order valence-corrected chi connectivity index (χ0v) is 14.0. The highest BCUT2D eigenvalue weighted by atomic mass is 35.5. The SMILES string of the molecule is Cc1cc(Cl)cc2c1N[C@H](c1ccc([N+](=O)[O-])cc1)[C@H]1CC=C[C@H]21. The minimum absolute atomic E-state index is 0.124. The Kier molecular flexibility index (Phi) is 3.57. The Morgan fingerprint density at radius 1 is 1.25 bits per heavy atom. The van der Waals surface area contributed by atoms with Gasteiger partial charge in [-0.3, -0.25) is 10.1 Å². The molecule has 0 radical (unpaired) electrons. The van der Waals surface area contributed by atoms with Crippen LogP contribution in [0.1, 0.15) is 35.1 Å². The van der Waals surface area contributed by atoms with Crippen molar-refractivity contribution in [2.75, 3.05) is 5.32 Å². The first-order valence-corrected chi connectivity index (χ1v) is 8.40. The highest BCUT2D eigenvalue weighted by molar-refractivity contribution is 6.30. The Bertz CT molecular complexity index is 845. The first-order valence-electron chi connectivity index (χ1n) is 8.02. The standard InChI is InChI=1S/C19H17ClN2O2/c1-11-9-13(20)10-17-15-3-2-4-16(15)19(21-18(11)17)12-5-7-14(8-6-12)22(23)24/h2-3,5-10,15-16,19,21H,4H2,1H3/t15-,16-,19+/m0/s1. The lowest BCUT2D eigenvalue weighted by Gasteiger charge is -2.38. The van der Waals surface area contributed by atoms with Crippen LogP contribution in [0.2, 0.25) is 5.02 Å². The molecule has 24 heavy (non-hydrogen) atoms. The zero-order chi connectivity index (χ0) is 16.8. The number of fused-ring (bicyclic) bond motifs is 3. The van der Waals surface area contributed by atoms with E-state index in [1.54, 1.807) is 12.1 Å². The highest BCUT2D eigenvalue weighted by Gasteiger charge is 2.38. The van der Waals surface area contributed by atoms with Crippen molar-refractivity contribution >= 4 is 23.0 Å². The number of non-ortho nitro benzene ring substituents is 1. The topological polar surface area (TPSA) is 55.2 Å². The number of halogens is 1. The van der Waals surface area contributed by atoms with Crippen LogP contribution in [0.25, 0.3) is 0 Å². The lowest BCUT2D eigenvalue weighted by Crippen LogP contribution is -2.29. The van der Waals surface area contributed by atoms with Crippen LogP contribution in [0.4, 0.5) is 11.4 Å². The van der Waals surface area contributed by atoms with Gasteiger partial charge in [0.2, 0.25) is 0 Å². The van der Waals surface area contributed by atoms with Gasteiger partial charge < -0.3 is 5.32 Å². The molecular formula is C19H17ClN2O2. The number of rotatable bonds is 2. The van der Waals surface area contributed by atoms with E-state index in [4.69, 9.17) is 11.6 Å². The summed E-state index contributed by atoms with van der Waals surface area (Å²) in [5.41, 5.74) is 4.72. The smallest absolute Gasteiger partial charge is 0.269 e. The molecule has 122 valence electrons. The second-order valence-corrected chi connectivity index (χ2v) is 6.95. The van der Waals surface area contributed by atoms with Crippen LogP contribution in [0.3, 0.4) is 0 Å². The quantitative estimate of drug-likeness (QED) is 0.453. The minimum Gasteiger partial charge on any atom is -0.377 e. The molecule has 0 amide bonds. The van der Waals surface area contributed by atoms with Gasteiger partial charge in [0.05, 0.1) is 11.0 Å². The number of nitrogens with zero attached hydrogens (tertiary/aromatic N) is 1. The third-order valence-corrected chi connectivity index (χ3v) is 5.31. The predicted octanol–water partition coefficient (Wildman–Crippen LogP) is 5.38. The van der Waals surface area contributed by atoms with E-state index in [-0.39, 0.29) is 16.7 Å². The van der Waals surface area contributed by atoms with E-state index in [2.05, 4.69) is 30.5 Å². The van der Waals surface area contributed by atoms with Gasteiger partial charge in [0.15, 0.2) is 0 Å². The summed E-state index contributed by atoms with van der Waals surface area (Å²) in [4.78, 5) is 10.5. The summed E-state index contributed by atoms with van der Waals surface area (Å²) in [6, 6.07) is 11.0. The van der Waals surface area contributed by atoms with Crippen LogP contribution < -0.4 is 5.32 Å². The number of hydrogen-bond donors (Lipinski definition) is 1.